The van der Waals surface area contributed by atoms with E-state index in [2.05, 4.69) is 0 Å². The number of benzene rings is 2. The van der Waals surface area contributed by atoms with E-state index >= 15 is 0 Å². The zero-order valence-electron chi connectivity index (χ0n) is 12.8. The SMILES string of the molecule is COC(=O)c1cc(OC)c2cc(OC)c(OC)c(C)c2c1. The number of rotatable bonds is 4. The van der Waals surface area contributed by atoms with Crippen molar-refractivity contribution in [3.8, 4) is 17.2 Å². The number of fused-ring (bicyclic) bond motifs is 1. The predicted molar refractivity (Wildman–Crippen MR) is 79.7 cm³/mol. The monoisotopic (exact) mass is 290 g/mol. The summed E-state index contributed by atoms with van der Waals surface area (Å²) in [5, 5.41) is 1.70. The molecular formula is C16H18O5. The molecule has 0 aliphatic carbocycles. The number of carbonyl (C=O) groups excluding carboxylic acids is 1. The van der Waals surface area contributed by atoms with Gasteiger partial charge < -0.3 is 18.9 Å². The maximum atomic E-state index is 11.8. The van der Waals surface area contributed by atoms with E-state index in [9.17, 15) is 4.79 Å². The second-order valence-electron chi connectivity index (χ2n) is 4.50. The van der Waals surface area contributed by atoms with Crippen LogP contribution in [0.5, 0.6) is 17.2 Å². The summed E-state index contributed by atoms with van der Waals surface area (Å²) in [5.74, 6) is 1.42. The third-order valence-electron chi connectivity index (χ3n) is 3.45. The first kappa shape index (κ1) is 15.0. The summed E-state index contributed by atoms with van der Waals surface area (Å²) in [7, 11) is 6.07. The molecule has 0 bridgehead atoms. The summed E-state index contributed by atoms with van der Waals surface area (Å²) in [6.45, 7) is 1.91. The number of aryl methyl sites for hydroxylation is 1. The highest BCUT2D eigenvalue weighted by Gasteiger charge is 2.17. The van der Waals surface area contributed by atoms with Gasteiger partial charge in [0.25, 0.3) is 0 Å². The molecule has 0 fully saturated rings. The van der Waals surface area contributed by atoms with Crippen LogP contribution in [0.25, 0.3) is 10.8 Å². The molecule has 0 unspecified atom stereocenters. The van der Waals surface area contributed by atoms with Gasteiger partial charge in [0.1, 0.15) is 5.75 Å². The minimum atomic E-state index is -0.413. The van der Waals surface area contributed by atoms with Gasteiger partial charge in [-0.25, -0.2) is 4.79 Å². The van der Waals surface area contributed by atoms with Crippen molar-refractivity contribution >= 4 is 16.7 Å². The van der Waals surface area contributed by atoms with Crippen LogP contribution in [0, 0.1) is 6.92 Å². The Morgan fingerprint density at radius 1 is 0.857 bits per heavy atom. The summed E-state index contributed by atoms with van der Waals surface area (Å²) in [6, 6.07) is 5.25. The number of esters is 1. The molecule has 2 aromatic carbocycles. The molecule has 21 heavy (non-hydrogen) atoms. The highest BCUT2D eigenvalue weighted by atomic mass is 16.5. The van der Waals surface area contributed by atoms with E-state index < -0.39 is 5.97 Å². The average molecular weight is 290 g/mol. The molecule has 0 radical (unpaired) electrons. The van der Waals surface area contributed by atoms with Crippen LogP contribution in [-0.4, -0.2) is 34.4 Å². The lowest BCUT2D eigenvalue weighted by Crippen LogP contribution is -2.03. The number of carbonyl (C=O) groups is 1. The first-order valence-electron chi connectivity index (χ1n) is 6.39. The Kier molecular flexibility index (Phi) is 4.21. The van der Waals surface area contributed by atoms with Crippen molar-refractivity contribution in [3.63, 3.8) is 0 Å². The zero-order valence-corrected chi connectivity index (χ0v) is 12.8. The fourth-order valence-electron chi connectivity index (χ4n) is 2.40. The fourth-order valence-corrected chi connectivity index (χ4v) is 2.40. The first-order valence-corrected chi connectivity index (χ1v) is 6.39. The molecule has 0 saturated carbocycles. The lowest BCUT2D eigenvalue weighted by atomic mass is 10.00. The fraction of sp³-hybridized carbons (Fsp3) is 0.312. The van der Waals surface area contributed by atoms with Gasteiger partial charge in [-0.2, -0.15) is 0 Å². The Balaban J connectivity index is 2.85. The van der Waals surface area contributed by atoms with Crippen molar-refractivity contribution in [2.24, 2.45) is 0 Å². The molecule has 0 aliphatic rings. The molecule has 112 valence electrons. The molecule has 0 aromatic heterocycles. The van der Waals surface area contributed by atoms with E-state index in [0.717, 1.165) is 16.3 Å². The quantitative estimate of drug-likeness (QED) is 0.810. The Morgan fingerprint density at radius 3 is 2.05 bits per heavy atom. The van der Waals surface area contributed by atoms with Crippen LogP contribution in [0.2, 0.25) is 0 Å². The minimum Gasteiger partial charge on any atom is -0.496 e. The van der Waals surface area contributed by atoms with Crippen LogP contribution < -0.4 is 14.2 Å². The summed E-state index contributed by atoms with van der Waals surface area (Å²) in [6.07, 6.45) is 0. The summed E-state index contributed by atoms with van der Waals surface area (Å²) in [4.78, 5) is 11.8. The summed E-state index contributed by atoms with van der Waals surface area (Å²) in [5.41, 5.74) is 1.30. The molecule has 5 nitrogen and oxygen atoms in total. The van der Waals surface area contributed by atoms with Crippen molar-refractivity contribution in [1.82, 2.24) is 0 Å². The molecule has 2 aromatic rings. The molecule has 0 heterocycles. The molecule has 0 amide bonds. The Morgan fingerprint density at radius 2 is 1.52 bits per heavy atom. The standard InChI is InChI=1S/C16H18O5/c1-9-11-6-10(16(17)21-5)7-13(18-2)12(11)8-14(19-3)15(9)20-4/h6-8H,1-5H3. The molecule has 0 saturated heterocycles. The molecule has 0 atom stereocenters. The Labute approximate surface area is 123 Å². The lowest BCUT2D eigenvalue weighted by molar-refractivity contribution is 0.0600. The predicted octanol–water partition coefficient (Wildman–Crippen LogP) is 2.96. The van der Waals surface area contributed by atoms with Gasteiger partial charge in [-0.3, -0.25) is 0 Å². The van der Waals surface area contributed by atoms with Gasteiger partial charge in [0.15, 0.2) is 11.5 Å². The first-order chi connectivity index (χ1) is 10.1. The summed E-state index contributed by atoms with van der Waals surface area (Å²) < 4.78 is 20.9. The maximum Gasteiger partial charge on any atom is 0.338 e. The van der Waals surface area contributed by atoms with Gasteiger partial charge in [0.2, 0.25) is 0 Å². The Bertz CT molecular complexity index is 691. The average Bonchev–Trinajstić information content (AvgIpc) is 2.52. The van der Waals surface area contributed by atoms with Crippen molar-refractivity contribution in [2.45, 2.75) is 6.92 Å². The van der Waals surface area contributed by atoms with Crippen molar-refractivity contribution in [1.29, 1.82) is 0 Å². The maximum absolute atomic E-state index is 11.8. The molecule has 0 N–H and O–H groups in total. The highest BCUT2D eigenvalue weighted by molar-refractivity contribution is 6.01. The Hall–Kier alpha value is -2.43. The van der Waals surface area contributed by atoms with Gasteiger partial charge in [0.05, 0.1) is 34.0 Å². The second kappa shape index (κ2) is 5.91. The lowest BCUT2D eigenvalue weighted by Gasteiger charge is -2.16. The van der Waals surface area contributed by atoms with Gasteiger partial charge in [-0.1, -0.05) is 0 Å². The third-order valence-corrected chi connectivity index (χ3v) is 3.45. The largest absolute Gasteiger partial charge is 0.496 e. The highest BCUT2D eigenvalue weighted by Crippen LogP contribution is 2.40. The molecule has 5 heteroatoms. The van der Waals surface area contributed by atoms with E-state index in [4.69, 9.17) is 18.9 Å². The van der Waals surface area contributed by atoms with Crippen molar-refractivity contribution in [2.75, 3.05) is 28.4 Å². The van der Waals surface area contributed by atoms with Crippen molar-refractivity contribution in [3.05, 3.63) is 29.3 Å². The van der Waals surface area contributed by atoms with Gasteiger partial charge in [-0.05, 0) is 30.5 Å². The van der Waals surface area contributed by atoms with Crippen LogP contribution in [0.4, 0.5) is 0 Å². The molecular weight excluding hydrogens is 272 g/mol. The minimum absolute atomic E-state index is 0.413. The number of ether oxygens (including phenoxy) is 4. The van der Waals surface area contributed by atoms with Crippen LogP contribution >= 0.6 is 0 Å². The van der Waals surface area contributed by atoms with E-state index in [1.54, 1.807) is 33.5 Å². The number of hydrogen-bond acceptors (Lipinski definition) is 5. The second-order valence-corrected chi connectivity index (χ2v) is 4.50. The number of hydrogen-bond donors (Lipinski definition) is 0. The van der Waals surface area contributed by atoms with E-state index in [0.29, 0.717) is 22.8 Å². The van der Waals surface area contributed by atoms with Crippen LogP contribution in [-0.2, 0) is 4.74 Å². The third kappa shape index (κ3) is 2.46. The summed E-state index contributed by atoms with van der Waals surface area (Å²) >= 11 is 0. The van der Waals surface area contributed by atoms with Gasteiger partial charge in [-0.15, -0.1) is 0 Å². The molecule has 2 rings (SSSR count). The van der Waals surface area contributed by atoms with Crippen LogP contribution in [0.3, 0.4) is 0 Å². The van der Waals surface area contributed by atoms with E-state index in [1.807, 2.05) is 13.0 Å². The van der Waals surface area contributed by atoms with Crippen LogP contribution in [0.15, 0.2) is 18.2 Å². The normalized spacial score (nSPS) is 10.3. The zero-order chi connectivity index (χ0) is 15.6. The van der Waals surface area contributed by atoms with Gasteiger partial charge >= 0.3 is 5.97 Å². The van der Waals surface area contributed by atoms with Gasteiger partial charge in [0, 0.05) is 10.9 Å². The van der Waals surface area contributed by atoms with Crippen LogP contribution in [0.1, 0.15) is 15.9 Å². The smallest absolute Gasteiger partial charge is 0.338 e. The van der Waals surface area contributed by atoms with E-state index in [-0.39, 0.29) is 0 Å². The van der Waals surface area contributed by atoms with Crippen molar-refractivity contribution < 1.29 is 23.7 Å². The molecule has 0 spiro atoms. The van der Waals surface area contributed by atoms with E-state index in [1.165, 1.54) is 7.11 Å². The topological polar surface area (TPSA) is 54.0 Å². The number of methoxy groups -OCH3 is 4. The molecule has 0 aliphatic heterocycles.